The van der Waals surface area contributed by atoms with E-state index in [-0.39, 0.29) is 5.91 Å². The smallest absolute Gasteiger partial charge is 0.231 e. The highest BCUT2D eigenvalue weighted by atomic mass is 16.7. The van der Waals surface area contributed by atoms with E-state index in [4.69, 9.17) is 9.47 Å². The Kier molecular flexibility index (Phi) is 4.83. The molecule has 0 saturated carbocycles. The number of amides is 1. The van der Waals surface area contributed by atoms with E-state index < -0.39 is 0 Å². The maximum atomic E-state index is 12.2. The molecule has 0 aromatic heterocycles. The summed E-state index contributed by atoms with van der Waals surface area (Å²) in [6.45, 7) is 5.80. The number of ether oxygens (including phenoxy) is 2. The van der Waals surface area contributed by atoms with Crippen LogP contribution in [0.4, 0.5) is 0 Å². The molecular weight excluding hydrogens is 280 g/mol. The molecule has 1 aromatic carbocycles. The molecule has 120 valence electrons. The molecule has 1 unspecified atom stereocenters. The van der Waals surface area contributed by atoms with Crippen molar-refractivity contribution in [2.45, 2.75) is 32.7 Å². The number of hydrogen-bond donors (Lipinski definition) is 1. The van der Waals surface area contributed by atoms with Crippen molar-refractivity contribution in [1.82, 2.24) is 10.2 Å². The second-order valence-electron chi connectivity index (χ2n) is 6.20. The number of carbonyl (C=O) groups excluding carboxylic acids is 1. The minimum atomic E-state index is 0.268. The number of rotatable bonds is 5. The lowest BCUT2D eigenvalue weighted by Crippen LogP contribution is -2.40. The Morgan fingerprint density at radius 2 is 2.23 bits per heavy atom. The van der Waals surface area contributed by atoms with Gasteiger partial charge in [-0.2, -0.15) is 0 Å². The molecule has 0 aliphatic carbocycles. The molecule has 5 heteroatoms. The van der Waals surface area contributed by atoms with E-state index in [1.807, 2.05) is 23.1 Å². The fraction of sp³-hybridized carbons (Fsp3) is 0.588. The molecule has 1 amide bonds. The number of nitrogens with zero attached hydrogens (tertiary/aromatic N) is 1. The Morgan fingerprint density at radius 1 is 1.36 bits per heavy atom. The molecule has 2 heterocycles. The maximum Gasteiger partial charge on any atom is 0.231 e. The second kappa shape index (κ2) is 7.01. The van der Waals surface area contributed by atoms with Crippen LogP contribution >= 0.6 is 0 Å². The summed E-state index contributed by atoms with van der Waals surface area (Å²) in [5.41, 5.74) is 1.14. The number of likely N-dealkylation sites (tertiary alicyclic amines) is 1. The minimum Gasteiger partial charge on any atom is -0.454 e. The number of benzene rings is 1. The monoisotopic (exact) mass is 304 g/mol. The van der Waals surface area contributed by atoms with Gasteiger partial charge in [0.2, 0.25) is 12.7 Å². The molecule has 1 fully saturated rings. The molecule has 5 nitrogen and oxygen atoms in total. The molecule has 1 atom stereocenters. The van der Waals surface area contributed by atoms with E-state index in [2.05, 4.69) is 12.2 Å². The Balaban J connectivity index is 1.39. The molecule has 0 radical (unpaired) electrons. The van der Waals surface area contributed by atoms with Gasteiger partial charge in [0.15, 0.2) is 11.5 Å². The summed E-state index contributed by atoms with van der Waals surface area (Å²) in [5.74, 6) is 2.51. The molecule has 1 N–H and O–H groups in total. The van der Waals surface area contributed by atoms with Gasteiger partial charge in [0, 0.05) is 32.6 Å². The summed E-state index contributed by atoms with van der Waals surface area (Å²) in [5, 5.41) is 3.33. The van der Waals surface area contributed by atoms with Crippen molar-refractivity contribution in [3.05, 3.63) is 23.8 Å². The van der Waals surface area contributed by atoms with Crippen LogP contribution in [0.3, 0.4) is 0 Å². The van der Waals surface area contributed by atoms with Crippen LogP contribution in [0.15, 0.2) is 18.2 Å². The Morgan fingerprint density at radius 3 is 3.09 bits per heavy atom. The first kappa shape index (κ1) is 15.2. The highest BCUT2D eigenvalue weighted by Crippen LogP contribution is 2.32. The molecule has 0 bridgehead atoms. The van der Waals surface area contributed by atoms with Crippen molar-refractivity contribution in [3.8, 4) is 11.5 Å². The van der Waals surface area contributed by atoms with E-state index in [0.29, 0.717) is 25.7 Å². The molecule has 1 saturated heterocycles. The largest absolute Gasteiger partial charge is 0.454 e. The number of fused-ring (bicyclic) bond motifs is 1. The zero-order valence-electron chi connectivity index (χ0n) is 13.1. The topological polar surface area (TPSA) is 50.8 Å². The van der Waals surface area contributed by atoms with E-state index in [1.165, 1.54) is 6.42 Å². The standard InChI is InChI=1S/C17H24N2O3/c1-13-3-2-8-19(11-13)17(20)6-7-18-10-14-4-5-15-16(9-14)22-12-21-15/h4-5,9,13,18H,2-3,6-8,10-12H2,1H3. The lowest BCUT2D eigenvalue weighted by atomic mass is 10.00. The zero-order valence-corrected chi connectivity index (χ0v) is 13.1. The molecule has 2 aliphatic heterocycles. The summed E-state index contributed by atoms with van der Waals surface area (Å²) in [4.78, 5) is 14.2. The van der Waals surface area contributed by atoms with Gasteiger partial charge in [-0.05, 0) is 36.5 Å². The lowest BCUT2D eigenvalue weighted by Gasteiger charge is -2.31. The van der Waals surface area contributed by atoms with E-state index in [0.717, 1.165) is 43.1 Å². The van der Waals surface area contributed by atoms with Crippen LogP contribution < -0.4 is 14.8 Å². The summed E-state index contributed by atoms with van der Waals surface area (Å²) >= 11 is 0. The zero-order chi connectivity index (χ0) is 15.4. The predicted octanol–water partition coefficient (Wildman–Crippen LogP) is 2.15. The predicted molar refractivity (Wildman–Crippen MR) is 83.9 cm³/mol. The first-order valence-corrected chi connectivity index (χ1v) is 8.09. The van der Waals surface area contributed by atoms with Gasteiger partial charge in [-0.3, -0.25) is 4.79 Å². The fourth-order valence-electron chi connectivity index (χ4n) is 3.05. The number of carbonyl (C=O) groups is 1. The molecule has 22 heavy (non-hydrogen) atoms. The van der Waals surface area contributed by atoms with Crippen molar-refractivity contribution >= 4 is 5.91 Å². The van der Waals surface area contributed by atoms with Gasteiger partial charge >= 0.3 is 0 Å². The minimum absolute atomic E-state index is 0.268. The van der Waals surface area contributed by atoms with Crippen LogP contribution in [0.25, 0.3) is 0 Å². The van der Waals surface area contributed by atoms with Crippen molar-refractivity contribution in [2.75, 3.05) is 26.4 Å². The summed E-state index contributed by atoms with van der Waals surface area (Å²) < 4.78 is 10.7. The van der Waals surface area contributed by atoms with E-state index in [9.17, 15) is 4.79 Å². The second-order valence-corrected chi connectivity index (χ2v) is 6.20. The number of nitrogens with one attached hydrogen (secondary N) is 1. The summed E-state index contributed by atoms with van der Waals surface area (Å²) in [7, 11) is 0. The van der Waals surface area contributed by atoms with Crippen molar-refractivity contribution < 1.29 is 14.3 Å². The molecular formula is C17H24N2O3. The van der Waals surface area contributed by atoms with Crippen molar-refractivity contribution in [2.24, 2.45) is 5.92 Å². The van der Waals surface area contributed by atoms with Gasteiger partial charge < -0.3 is 19.7 Å². The third kappa shape index (κ3) is 3.71. The Labute approximate surface area is 131 Å². The number of piperidine rings is 1. The van der Waals surface area contributed by atoms with Crippen LogP contribution in [0.1, 0.15) is 31.7 Å². The SMILES string of the molecule is CC1CCCN(C(=O)CCNCc2ccc3c(c2)OCO3)C1. The first-order chi connectivity index (χ1) is 10.7. The van der Waals surface area contributed by atoms with Gasteiger partial charge in [0.25, 0.3) is 0 Å². The summed E-state index contributed by atoms with van der Waals surface area (Å²) in [6.07, 6.45) is 2.95. The van der Waals surface area contributed by atoms with Gasteiger partial charge in [0.1, 0.15) is 0 Å². The highest BCUT2D eigenvalue weighted by molar-refractivity contribution is 5.76. The molecule has 2 aliphatic rings. The van der Waals surface area contributed by atoms with Gasteiger partial charge in [-0.25, -0.2) is 0 Å². The van der Waals surface area contributed by atoms with Gasteiger partial charge in [0.05, 0.1) is 0 Å². The Hall–Kier alpha value is -1.75. The number of hydrogen-bond acceptors (Lipinski definition) is 4. The molecule has 1 aromatic rings. The Bertz CT molecular complexity index is 533. The lowest BCUT2D eigenvalue weighted by molar-refractivity contribution is -0.132. The quantitative estimate of drug-likeness (QED) is 0.847. The molecule has 0 spiro atoms. The van der Waals surface area contributed by atoms with E-state index >= 15 is 0 Å². The average Bonchev–Trinajstić information content (AvgIpc) is 2.99. The van der Waals surface area contributed by atoms with Gasteiger partial charge in [-0.1, -0.05) is 13.0 Å². The van der Waals surface area contributed by atoms with Crippen LogP contribution in [0, 0.1) is 5.92 Å². The maximum absolute atomic E-state index is 12.2. The summed E-state index contributed by atoms with van der Waals surface area (Å²) in [6, 6.07) is 5.94. The van der Waals surface area contributed by atoms with Crippen LogP contribution in [-0.2, 0) is 11.3 Å². The normalized spacial score (nSPS) is 20.2. The third-order valence-corrected chi connectivity index (χ3v) is 4.29. The molecule has 3 rings (SSSR count). The fourth-order valence-corrected chi connectivity index (χ4v) is 3.05. The van der Waals surface area contributed by atoms with Crippen LogP contribution in [0.2, 0.25) is 0 Å². The van der Waals surface area contributed by atoms with E-state index in [1.54, 1.807) is 0 Å². The average molecular weight is 304 g/mol. The van der Waals surface area contributed by atoms with Crippen molar-refractivity contribution in [3.63, 3.8) is 0 Å². The van der Waals surface area contributed by atoms with Crippen LogP contribution in [0.5, 0.6) is 11.5 Å². The van der Waals surface area contributed by atoms with Crippen molar-refractivity contribution in [1.29, 1.82) is 0 Å². The third-order valence-electron chi connectivity index (χ3n) is 4.29. The van der Waals surface area contributed by atoms with Gasteiger partial charge in [-0.15, -0.1) is 0 Å². The first-order valence-electron chi connectivity index (χ1n) is 8.09. The highest BCUT2D eigenvalue weighted by Gasteiger charge is 2.20. The van der Waals surface area contributed by atoms with Crippen LogP contribution in [-0.4, -0.2) is 37.2 Å².